The van der Waals surface area contributed by atoms with Crippen molar-refractivity contribution < 1.29 is 18.3 Å². The highest BCUT2D eigenvalue weighted by atomic mass is 19.1. The Hall–Kier alpha value is -1.84. The molecule has 0 aromatic heterocycles. The Morgan fingerprint density at radius 3 is 2.50 bits per heavy atom. The predicted octanol–water partition coefficient (Wildman–Crippen LogP) is 3.71. The molecule has 1 aliphatic carbocycles. The Morgan fingerprint density at radius 2 is 1.94 bits per heavy atom. The molecular weight excluding hydrogens is 238 g/mol. The lowest BCUT2D eigenvalue weighted by Gasteiger charge is -2.18. The highest BCUT2D eigenvalue weighted by molar-refractivity contribution is 5.37. The third-order valence-corrected chi connectivity index (χ3v) is 2.96. The molecule has 2 nitrogen and oxygen atoms in total. The zero-order valence-electron chi connectivity index (χ0n) is 10.2. The zero-order valence-corrected chi connectivity index (χ0v) is 10.2. The van der Waals surface area contributed by atoms with Crippen molar-refractivity contribution in [2.24, 2.45) is 0 Å². The molecule has 0 N–H and O–H groups in total. The maximum atomic E-state index is 13.6. The predicted molar refractivity (Wildman–Crippen MR) is 64.6 cm³/mol. The summed E-state index contributed by atoms with van der Waals surface area (Å²) >= 11 is 0. The monoisotopic (exact) mass is 252 g/mol. The fourth-order valence-electron chi connectivity index (χ4n) is 1.98. The second-order valence-electron chi connectivity index (χ2n) is 4.02. The van der Waals surface area contributed by atoms with Crippen LogP contribution >= 0.6 is 0 Å². The van der Waals surface area contributed by atoms with Gasteiger partial charge in [-0.25, -0.2) is 8.78 Å². The molecule has 1 aromatic carbocycles. The summed E-state index contributed by atoms with van der Waals surface area (Å²) in [6.07, 6.45) is 3.70. The molecule has 0 heterocycles. The molecule has 0 saturated heterocycles. The summed E-state index contributed by atoms with van der Waals surface area (Å²) < 4.78 is 36.9. The number of methoxy groups -OCH3 is 2. The van der Waals surface area contributed by atoms with Gasteiger partial charge in [0.15, 0.2) is 17.4 Å². The van der Waals surface area contributed by atoms with Crippen molar-refractivity contribution in [1.29, 1.82) is 0 Å². The third-order valence-electron chi connectivity index (χ3n) is 2.96. The van der Waals surface area contributed by atoms with Crippen LogP contribution in [-0.4, -0.2) is 14.2 Å². The van der Waals surface area contributed by atoms with E-state index in [9.17, 15) is 8.78 Å². The van der Waals surface area contributed by atoms with Crippen LogP contribution in [0.2, 0.25) is 0 Å². The molecule has 1 unspecified atom stereocenters. The molecule has 96 valence electrons. The molecule has 0 bridgehead atoms. The van der Waals surface area contributed by atoms with Gasteiger partial charge in [0, 0.05) is 5.92 Å². The number of hydrogen-bond acceptors (Lipinski definition) is 2. The Balaban J connectivity index is 2.24. The van der Waals surface area contributed by atoms with Gasteiger partial charge in [0.05, 0.1) is 14.2 Å². The van der Waals surface area contributed by atoms with Crippen molar-refractivity contribution in [3.63, 3.8) is 0 Å². The standard InChI is InChI=1S/C14H14F2O2/c1-17-13-5-3-9(7-11(13)15)10-4-6-14(18-2)12(16)8-10/h3,5-8,10H,4H2,1-2H3. The number of ether oxygens (including phenoxy) is 2. The van der Waals surface area contributed by atoms with Crippen LogP contribution in [0.5, 0.6) is 5.75 Å². The molecule has 4 heteroatoms. The van der Waals surface area contributed by atoms with Crippen LogP contribution in [0.4, 0.5) is 8.78 Å². The Bertz CT molecular complexity index is 507. The van der Waals surface area contributed by atoms with E-state index in [2.05, 4.69) is 0 Å². The van der Waals surface area contributed by atoms with Crippen molar-refractivity contribution in [3.8, 4) is 5.75 Å². The molecule has 1 aliphatic rings. The zero-order chi connectivity index (χ0) is 13.1. The quantitative estimate of drug-likeness (QED) is 0.816. The SMILES string of the molecule is COC1=CCC(c2ccc(OC)c(F)c2)C=C1F. The maximum absolute atomic E-state index is 13.6. The molecule has 0 radical (unpaired) electrons. The van der Waals surface area contributed by atoms with Crippen LogP contribution < -0.4 is 4.74 Å². The molecule has 0 amide bonds. The topological polar surface area (TPSA) is 18.5 Å². The number of benzene rings is 1. The van der Waals surface area contributed by atoms with E-state index < -0.39 is 11.6 Å². The smallest absolute Gasteiger partial charge is 0.165 e. The first-order valence-electron chi connectivity index (χ1n) is 5.61. The lowest BCUT2D eigenvalue weighted by atomic mass is 9.91. The molecule has 0 aliphatic heterocycles. The normalized spacial score (nSPS) is 19.0. The van der Waals surface area contributed by atoms with Gasteiger partial charge in [-0.1, -0.05) is 6.07 Å². The fraction of sp³-hybridized carbons (Fsp3) is 0.286. The minimum Gasteiger partial charge on any atom is -0.494 e. The van der Waals surface area contributed by atoms with Crippen LogP contribution in [-0.2, 0) is 4.74 Å². The summed E-state index contributed by atoms with van der Waals surface area (Å²) in [6.45, 7) is 0. The Morgan fingerprint density at radius 1 is 1.17 bits per heavy atom. The average molecular weight is 252 g/mol. The van der Waals surface area contributed by atoms with Gasteiger partial charge in [-0.15, -0.1) is 0 Å². The van der Waals surface area contributed by atoms with Crippen LogP contribution in [0, 0.1) is 5.82 Å². The van der Waals surface area contributed by atoms with E-state index in [-0.39, 0.29) is 17.4 Å². The van der Waals surface area contributed by atoms with Gasteiger partial charge in [-0.3, -0.25) is 0 Å². The molecule has 0 spiro atoms. The molecule has 2 rings (SSSR count). The van der Waals surface area contributed by atoms with Crippen molar-refractivity contribution >= 4 is 0 Å². The summed E-state index contributed by atoms with van der Waals surface area (Å²) in [5.74, 6) is -0.605. The first-order valence-corrected chi connectivity index (χ1v) is 5.61. The van der Waals surface area contributed by atoms with E-state index in [1.807, 2.05) is 0 Å². The van der Waals surface area contributed by atoms with Crippen molar-refractivity contribution in [3.05, 3.63) is 53.3 Å². The van der Waals surface area contributed by atoms with Gasteiger partial charge in [-0.05, 0) is 36.3 Å². The van der Waals surface area contributed by atoms with Crippen LogP contribution in [0.25, 0.3) is 0 Å². The average Bonchev–Trinajstić information content (AvgIpc) is 2.38. The third kappa shape index (κ3) is 2.37. The first-order chi connectivity index (χ1) is 8.65. The van der Waals surface area contributed by atoms with Gasteiger partial charge >= 0.3 is 0 Å². The summed E-state index contributed by atoms with van der Waals surface area (Å²) in [4.78, 5) is 0. The highest BCUT2D eigenvalue weighted by Gasteiger charge is 2.18. The van der Waals surface area contributed by atoms with E-state index in [1.165, 1.54) is 26.4 Å². The molecule has 1 atom stereocenters. The number of rotatable bonds is 3. The van der Waals surface area contributed by atoms with Gasteiger partial charge in [0.2, 0.25) is 0 Å². The van der Waals surface area contributed by atoms with Gasteiger partial charge < -0.3 is 9.47 Å². The number of allylic oxidation sites excluding steroid dienone is 3. The molecule has 1 aromatic rings. The molecule has 0 fully saturated rings. The lowest BCUT2D eigenvalue weighted by Crippen LogP contribution is -2.03. The minimum absolute atomic E-state index is 0.177. The Labute approximate surface area is 105 Å². The lowest BCUT2D eigenvalue weighted by molar-refractivity contribution is 0.277. The minimum atomic E-state index is -0.440. The Kier molecular flexibility index (Phi) is 3.65. The van der Waals surface area contributed by atoms with Crippen LogP contribution in [0.3, 0.4) is 0 Å². The highest BCUT2D eigenvalue weighted by Crippen LogP contribution is 2.33. The molecule has 18 heavy (non-hydrogen) atoms. The summed E-state index contributed by atoms with van der Waals surface area (Å²) in [7, 11) is 2.83. The second kappa shape index (κ2) is 5.21. The largest absolute Gasteiger partial charge is 0.494 e. The van der Waals surface area contributed by atoms with E-state index in [4.69, 9.17) is 9.47 Å². The van der Waals surface area contributed by atoms with E-state index in [0.29, 0.717) is 6.42 Å². The first kappa shape index (κ1) is 12.6. The summed E-state index contributed by atoms with van der Waals surface area (Å²) in [5.41, 5.74) is 0.717. The van der Waals surface area contributed by atoms with Gasteiger partial charge in [0.1, 0.15) is 5.76 Å². The number of hydrogen-bond donors (Lipinski definition) is 0. The fourth-order valence-corrected chi connectivity index (χ4v) is 1.98. The summed E-state index contributed by atoms with van der Waals surface area (Å²) in [5, 5.41) is 0. The van der Waals surface area contributed by atoms with E-state index >= 15 is 0 Å². The van der Waals surface area contributed by atoms with Crippen LogP contribution in [0.15, 0.2) is 41.9 Å². The summed E-state index contributed by atoms with van der Waals surface area (Å²) in [6, 6.07) is 4.66. The van der Waals surface area contributed by atoms with Gasteiger partial charge in [-0.2, -0.15) is 0 Å². The van der Waals surface area contributed by atoms with Crippen LogP contribution in [0.1, 0.15) is 17.9 Å². The second-order valence-corrected chi connectivity index (χ2v) is 4.02. The molecular formula is C14H14F2O2. The van der Waals surface area contributed by atoms with E-state index in [1.54, 1.807) is 18.2 Å². The molecule has 0 saturated carbocycles. The van der Waals surface area contributed by atoms with Crippen molar-refractivity contribution in [1.82, 2.24) is 0 Å². The van der Waals surface area contributed by atoms with Crippen molar-refractivity contribution in [2.45, 2.75) is 12.3 Å². The maximum Gasteiger partial charge on any atom is 0.165 e. The number of halogens is 2. The van der Waals surface area contributed by atoms with Gasteiger partial charge in [0.25, 0.3) is 0 Å². The van der Waals surface area contributed by atoms with E-state index in [0.717, 1.165) is 5.56 Å². The van der Waals surface area contributed by atoms with Crippen molar-refractivity contribution in [2.75, 3.05) is 14.2 Å².